The molecule has 0 saturated carbocycles. The van der Waals surface area contributed by atoms with Crippen molar-refractivity contribution in [3.63, 3.8) is 0 Å². The van der Waals surface area contributed by atoms with Crippen LogP contribution in [0.2, 0.25) is 5.02 Å². The van der Waals surface area contributed by atoms with Crippen LogP contribution in [0.25, 0.3) is 0 Å². The van der Waals surface area contributed by atoms with Gasteiger partial charge in [-0.3, -0.25) is 4.79 Å². The number of methoxy groups -OCH3 is 1. The van der Waals surface area contributed by atoms with Gasteiger partial charge in [0.2, 0.25) is 5.91 Å². The van der Waals surface area contributed by atoms with Gasteiger partial charge in [-0.25, -0.2) is 4.98 Å². The number of piperidine rings is 1. The van der Waals surface area contributed by atoms with E-state index in [4.69, 9.17) is 16.3 Å². The number of halogens is 1. The third-order valence-electron chi connectivity index (χ3n) is 5.32. The van der Waals surface area contributed by atoms with Gasteiger partial charge in [-0.05, 0) is 73.5 Å². The molecule has 1 N–H and O–H groups in total. The number of amides is 1. The van der Waals surface area contributed by atoms with Gasteiger partial charge in [-0.15, -0.1) is 0 Å². The molecule has 5 nitrogen and oxygen atoms in total. The summed E-state index contributed by atoms with van der Waals surface area (Å²) in [6.07, 6.45) is 3.27. The molecule has 7 heteroatoms. The normalized spacial score (nSPS) is 14.3. The second kappa shape index (κ2) is 10.1. The number of carbonyl (C=O) groups is 1. The number of hydrogen-bond acceptors (Lipinski definition) is 5. The first kappa shape index (κ1) is 21.5. The third kappa shape index (κ3) is 5.71. The number of benzene rings is 2. The van der Waals surface area contributed by atoms with Crippen LogP contribution in [0.15, 0.2) is 76.7 Å². The van der Waals surface area contributed by atoms with Crippen molar-refractivity contribution in [2.45, 2.75) is 22.6 Å². The maximum absolute atomic E-state index is 12.7. The minimum Gasteiger partial charge on any atom is -0.497 e. The molecule has 0 aliphatic carbocycles. The molecule has 1 saturated heterocycles. The van der Waals surface area contributed by atoms with E-state index in [1.165, 1.54) is 0 Å². The lowest BCUT2D eigenvalue weighted by Gasteiger charge is -2.32. The summed E-state index contributed by atoms with van der Waals surface area (Å²) >= 11 is 7.59. The molecule has 160 valence electrons. The quantitative estimate of drug-likeness (QED) is 0.515. The van der Waals surface area contributed by atoms with Gasteiger partial charge in [0.05, 0.1) is 12.1 Å². The molecule has 1 aromatic heterocycles. The van der Waals surface area contributed by atoms with Crippen molar-refractivity contribution in [2.24, 2.45) is 5.92 Å². The molecule has 2 heterocycles. The van der Waals surface area contributed by atoms with Crippen molar-refractivity contribution in [3.8, 4) is 5.75 Å². The second-order valence-corrected chi connectivity index (χ2v) is 8.97. The lowest BCUT2D eigenvalue weighted by molar-refractivity contribution is -0.120. The molecule has 0 bridgehead atoms. The number of hydrogen-bond donors (Lipinski definition) is 1. The summed E-state index contributed by atoms with van der Waals surface area (Å²) in [5.74, 6) is 1.85. The van der Waals surface area contributed by atoms with Gasteiger partial charge in [0.1, 0.15) is 11.6 Å². The highest BCUT2D eigenvalue weighted by Crippen LogP contribution is 2.30. The molecular weight excluding hydrogens is 430 g/mol. The van der Waals surface area contributed by atoms with Crippen LogP contribution >= 0.6 is 23.4 Å². The predicted molar refractivity (Wildman–Crippen MR) is 126 cm³/mol. The van der Waals surface area contributed by atoms with Crippen molar-refractivity contribution >= 4 is 40.8 Å². The number of nitrogens with one attached hydrogen (secondary N) is 1. The van der Waals surface area contributed by atoms with Gasteiger partial charge < -0.3 is 15.0 Å². The van der Waals surface area contributed by atoms with Gasteiger partial charge >= 0.3 is 0 Å². The zero-order chi connectivity index (χ0) is 21.6. The van der Waals surface area contributed by atoms with Crippen molar-refractivity contribution in [3.05, 3.63) is 71.9 Å². The third-order valence-corrected chi connectivity index (χ3v) is 6.56. The summed E-state index contributed by atoms with van der Waals surface area (Å²) < 4.78 is 5.19. The van der Waals surface area contributed by atoms with Crippen LogP contribution in [-0.2, 0) is 4.79 Å². The summed E-state index contributed by atoms with van der Waals surface area (Å²) in [6, 6.07) is 19.7. The van der Waals surface area contributed by atoms with Gasteiger partial charge in [0, 0.05) is 40.7 Å². The Balaban J connectivity index is 1.28. The smallest absolute Gasteiger partial charge is 0.227 e. The number of aromatic nitrogens is 1. The minimum atomic E-state index is 0.0110. The van der Waals surface area contributed by atoms with Crippen molar-refractivity contribution in [1.29, 1.82) is 0 Å². The van der Waals surface area contributed by atoms with E-state index < -0.39 is 0 Å². The van der Waals surface area contributed by atoms with Crippen LogP contribution < -0.4 is 15.0 Å². The molecule has 1 fully saturated rings. The van der Waals surface area contributed by atoms with E-state index in [9.17, 15) is 4.79 Å². The Bertz CT molecular complexity index is 1000. The van der Waals surface area contributed by atoms with Crippen molar-refractivity contribution in [1.82, 2.24) is 4.98 Å². The Labute approximate surface area is 191 Å². The Morgan fingerprint density at radius 1 is 1.03 bits per heavy atom. The van der Waals surface area contributed by atoms with E-state index >= 15 is 0 Å². The van der Waals surface area contributed by atoms with Crippen LogP contribution in [0.1, 0.15) is 12.8 Å². The summed E-state index contributed by atoms with van der Waals surface area (Å²) in [5.41, 5.74) is 0.825. The summed E-state index contributed by atoms with van der Waals surface area (Å²) in [7, 11) is 1.66. The highest BCUT2D eigenvalue weighted by molar-refractivity contribution is 7.99. The van der Waals surface area contributed by atoms with Crippen LogP contribution in [0, 0.1) is 5.92 Å². The standard InChI is InChI=1S/C24H24ClN3O2S/c1-30-20-5-9-22(10-6-20)31-21-7-3-19(4-8-21)27-24(29)17-12-14-28(15-13-17)23-11-2-18(25)16-26-23/h2-11,16-17H,12-15H2,1H3,(H,27,29). The minimum absolute atomic E-state index is 0.0110. The molecule has 1 amide bonds. The van der Waals surface area contributed by atoms with E-state index in [0.717, 1.165) is 53.0 Å². The van der Waals surface area contributed by atoms with E-state index in [2.05, 4.69) is 15.2 Å². The van der Waals surface area contributed by atoms with Gasteiger partial charge in [0.15, 0.2) is 0 Å². The van der Waals surface area contributed by atoms with Crippen LogP contribution in [0.3, 0.4) is 0 Å². The zero-order valence-electron chi connectivity index (χ0n) is 17.3. The van der Waals surface area contributed by atoms with E-state index in [1.807, 2.05) is 60.7 Å². The molecule has 1 aliphatic rings. The molecule has 0 radical (unpaired) electrons. The average molecular weight is 454 g/mol. The number of nitrogens with zero attached hydrogens (tertiary/aromatic N) is 2. The zero-order valence-corrected chi connectivity index (χ0v) is 18.8. The predicted octanol–water partition coefficient (Wildman–Crippen LogP) is 5.75. The largest absolute Gasteiger partial charge is 0.497 e. The molecule has 3 aromatic rings. The fraction of sp³-hybridized carbons (Fsp3) is 0.250. The Morgan fingerprint density at radius 2 is 1.68 bits per heavy atom. The van der Waals surface area contributed by atoms with E-state index in [1.54, 1.807) is 25.1 Å². The SMILES string of the molecule is COc1ccc(Sc2ccc(NC(=O)C3CCN(c4ccc(Cl)cn4)CC3)cc2)cc1. The molecule has 4 rings (SSSR count). The monoisotopic (exact) mass is 453 g/mol. The topological polar surface area (TPSA) is 54.5 Å². The molecule has 0 spiro atoms. The first-order valence-electron chi connectivity index (χ1n) is 10.2. The fourth-order valence-corrected chi connectivity index (χ4v) is 4.48. The lowest BCUT2D eigenvalue weighted by Crippen LogP contribution is -2.38. The maximum Gasteiger partial charge on any atom is 0.227 e. The maximum atomic E-state index is 12.7. The van der Waals surface area contributed by atoms with Gasteiger partial charge in [0.25, 0.3) is 0 Å². The summed E-state index contributed by atoms with van der Waals surface area (Å²) in [4.78, 5) is 21.5. The number of pyridine rings is 1. The van der Waals surface area contributed by atoms with Gasteiger partial charge in [-0.1, -0.05) is 23.4 Å². The first-order chi connectivity index (χ1) is 15.1. The fourth-order valence-electron chi connectivity index (χ4n) is 3.56. The molecule has 1 aliphatic heterocycles. The first-order valence-corrected chi connectivity index (χ1v) is 11.4. The average Bonchev–Trinajstić information content (AvgIpc) is 2.81. The number of anilines is 2. The van der Waals surface area contributed by atoms with Crippen LogP contribution in [0.4, 0.5) is 11.5 Å². The highest BCUT2D eigenvalue weighted by Gasteiger charge is 2.25. The molecule has 0 atom stereocenters. The molecule has 2 aromatic carbocycles. The van der Waals surface area contributed by atoms with Gasteiger partial charge in [-0.2, -0.15) is 0 Å². The second-order valence-electron chi connectivity index (χ2n) is 7.39. The lowest BCUT2D eigenvalue weighted by atomic mass is 9.96. The van der Waals surface area contributed by atoms with E-state index in [-0.39, 0.29) is 11.8 Å². The van der Waals surface area contributed by atoms with Crippen LogP contribution in [0.5, 0.6) is 5.75 Å². The molecule has 0 unspecified atom stereocenters. The Kier molecular flexibility index (Phi) is 6.99. The van der Waals surface area contributed by atoms with Crippen molar-refractivity contribution in [2.75, 3.05) is 30.4 Å². The number of ether oxygens (including phenoxy) is 1. The highest BCUT2D eigenvalue weighted by atomic mass is 35.5. The number of carbonyl (C=O) groups excluding carboxylic acids is 1. The summed E-state index contributed by atoms with van der Waals surface area (Å²) in [5, 5.41) is 3.69. The molecule has 31 heavy (non-hydrogen) atoms. The van der Waals surface area contributed by atoms with Crippen LogP contribution in [-0.4, -0.2) is 31.1 Å². The summed E-state index contributed by atoms with van der Waals surface area (Å²) in [6.45, 7) is 1.62. The Morgan fingerprint density at radius 3 is 2.26 bits per heavy atom. The van der Waals surface area contributed by atoms with Crippen molar-refractivity contribution < 1.29 is 9.53 Å². The Hall–Kier alpha value is -2.70. The molecular formula is C24H24ClN3O2S. The number of rotatable bonds is 6. The van der Waals surface area contributed by atoms with E-state index in [0.29, 0.717) is 5.02 Å².